The predicted molar refractivity (Wildman–Crippen MR) is 106 cm³/mol. The average molecular weight is 352 g/mol. The van der Waals surface area contributed by atoms with Crippen molar-refractivity contribution < 1.29 is 4.74 Å². The summed E-state index contributed by atoms with van der Waals surface area (Å²) in [5, 5.41) is 6.73. The summed E-state index contributed by atoms with van der Waals surface area (Å²) in [6.07, 6.45) is 4.04. The molecule has 26 heavy (non-hydrogen) atoms. The average Bonchev–Trinajstić information content (AvgIpc) is 3.12. The largest absolute Gasteiger partial charge is 0.373 e. The summed E-state index contributed by atoms with van der Waals surface area (Å²) in [4.78, 5) is 9.15. The van der Waals surface area contributed by atoms with E-state index < -0.39 is 0 Å². The van der Waals surface area contributed by atoms with Crippen molar-refractivity contribution in [1.82, 2.24) is 15.6 Å². The molecule has 1 atom stereocenters. The Bertz CT molecular complexity index is 724. The third kappa shape index (κ3) is 5.05. The first-order chi connectivity index (χ1) is 12.7. The van der Waals surface area contributed by atoms with Gasteiger partial charge in [0.05, 0.1) is 17.8 Å². The number of benzene rings is 1. The molecule has 1 unspecified atom stereocenters. The lowest BCUT2D eigenvalue weighted by atomic mass is 10.0. The van der Waals surface area contributed by atoms with Gasteiger partial charge in [0.1, 0.15) is 0 Å². The number of aliphatic imine (C=N–C) groups is 1. The van der Waals surface area contributed by atoms with Gasteiger partial charge in [-0.05, 0) is 50.5 Å². The number of pyridine rings is 1. The Morgan fingerprint density at radius 2 is 2.15 bits per heavy atom. The molecule has 2 aromatic rings. The summed E-state index contributed by atoms with van der Waals surface area (Å²) in [5.41, 5.74) is 3.17. The molecule has 1 fully saturated rings. The zero-order chi connectivity index (χ0) is 18.2. The predicted octanol–water partition coefficient (Wildman–Crippen LogP) is 3.37. The van der Waals surface area contributed by atoms with Crippen LogP contribution in [0.1, 0.15) is 32.3 Å². The highest BCUT2D eigenvalue weighted by molar-refractivity contribution is 5.79. The van der Waals surface area contributed by atoms with Gasteiger partial charge in [-0.1, -0.05) is 24.3 Å². The SMILES string of the molecule is CCNC(=NCc1cccc(-c2ccccn2)c1)NCC1(C)CCCO1. The molecule has 0 aliphatic carbocycles. The highest BCUT2D eigenvalue weighted by Gasteiger charge is 2.29. The lowest BCUT2D eigenvalue weighted by Crippen LogP contribution is -2.45. The number of ether oxygens (including phenoxy) is 1. The van der Waals surface area contributed by atoms with Crippen molar-refractivity contribution >= 4 is 5.96 Å². The molecule has 1 aromatic carbocycles. The fraction of sp³-hybridized carbons (Fsp3) is 0.429. The number of aromatic nitrogens is 1. The van der Waals surface area contributed by atoms with Crippen molar-refractivity contribution in [3.05, 3.63) is 54.2 Å². The Labute approximate surface area is 155 Å². The molecule has 2 heterocycles. The van der Waals surface area contributed by atoms with Gasteiger partial charge < -0.3 is 15.4 Å². The number of hydrogen-bond donors (Lipinski definition) is 2. The van der Waals surface area contributed by atoms with E-state index in [0.717, 1.165) is 55.3 Å². The zero-order valence-electron chi connectivity index (χ0n) is 15.7. The molecule has 0 radical (unpaired) electrons. The van der Waals surface area contributed by atoms with Crippen LogP contribution in [0.5, 0.6) is 0 Å². The molecule has 1 aromatic heterocycles. The summed E-state index contributed by atoms with van der Waals surface area (Å²) in [6, 6.07) is 14.3. The van der Waals surface area contributed by atoms with Crippen LogP contribution in [0.25, 0.3) is 11.3 Å². The van der Waals surface area contributed by atoms with E-state index in [1.54, 1.807) is 0 Å². The monoisotopic (exact) mass is 352 g/mol. The van der Waals surface area contributed by atoms with Gasteiger partial charge in [-0.2, -0.15) is 0 Å². The van der Waals surface area contributed by atoms with Crippen LogP contribution in [0.4, 0.5) is 0 Å². The van der Waals surface area contributed by atoms with E-state index in [4.69, 9.17) is 9.73 Å². The first-order valence-electron chi connectivity index (χ1n) is 9.35. The standard InChI is InChI=1S/C21H28N4O/c1-3-22-20(25-16-21(2)11-7-13-26-21)24-15-17-8-6-9-18(14-17)19-10-4-5-12-23-19/h4-6,8-10,12,14H,3,7,11,13,15-16H2,1-2H3,(H2,22,24,25). The van der Waals surface area contributed by atoms with Gasteiger partial charge in [0, 0.05) is 31.5 Å². The smallest absolute Gasteiger partial charge is 0.191 e. The summed E-state index contributed by atoms with van der Waals surface area (Å²) in [6.45, 7) is 7.31. The van der Waals surface area contributed by atoms with Crippen molar-refractivity contribution in [1.29, 1.82) is 0 Å². The van der Waals surface area contributed by atoms with Crippen LogP contribution in [0.3, 0.4) is 0 Å². The van der Waals surface area contributed by atoms with E-state index in [9.17, 15) is 0 Å². The van der Waals surface area contributed by atoms with Crippen LogP contribution in [-0.4, -0.2) is 36.2 Å². The van der Waals surface area contributed by atoms with E-state index in [0.29, 0.717) is 6.54 Å². The summed E-state index contributed by atoms with van der Waals surface area (Å²) < 4.78 is 5.84. The Balaban J connectivity index is 1.65. The van der Waals surface area contributed by atoms with E-state index >= 15 is 0 Å². The highest BCUT2D eigenvalue weighted by Crippen LogP contribution is 2.23. The lowest BCUT2D eigenvalue weighted by Gasteiger charge is -2.24. The van der Waals surface area contributed by atoms with Crippen molar-refractivity contribution in [2.75, 3.05) is 19.7 Å². The number of guanidine groups is 1. The molecule has 1 aliphatic heterocycles. The number of rotatable bonds is 6. The molecular weight excluding hydrogens is 324 g/mol. The Hall–Kier alpha value is -2.40. The van der Waals surface area contributed by atoms with Gasteiger partial charge in [-0.25, -0.2) is 4.99 Å². The molecule has 0 amide bonds. The van der Waals surface area contributed by atoms with Gasteiger partial charge in [0.2, 0.25) is 0 Å². The highest BCUT2D eigenvalue weighted by atomic mass is 16.5. The molecule has 0 spiro atoms. The molecular formula is C21H28N4O. The van der Waals surface area contributed by atoms with Gasteiger partial charge in [-0.3, -0.25) is 4.98 Å². The van der Waals surface area contributed by atoms with Gasteiger partial charge in [0.25, 0.3) is 0 Å². The number of nitrogens with zero attached hydrogens (tertiary/aromatic N) is 2. The fourth-order valence-corrected chi connectivity index (χ4v) is 3.12. The lowest BCUT2D eigenvalue weighted by molar-refractivity contribution is 0.0243. The summed E-state index contributed by atoms with van der Waals surface area (Å²) >= 11 is 0. The molecule has 1 aliphatic rings. The molecule has 5 nitrogen and oxygen atoms in total. The third-order valence-corrected chi connectivity index (χ3v) is 4.58. The Morgan fingerprint density at radius 1 is 1.23 bits per heavy atom. The molecule has 0 bridgehead atoms. The van der Waals surface area contributed by atoms with Crippen LogP contribution in [0, 0.1) is 0 Å². The second-order valence-electron chi connectivity index (χ2n) is 6.87. The summed E-state index contributed by atoms with van der Waals surface area (Å²) in [5.74, 6) is 0.826. The topological polar surface area (TPSA) is 58.5 Å². The van der Waals surface area contributed by atoms with Crippen LogP contribution in [0.15, 0.2) is 53.7 Å². The zero-order valence-corrected chi connectivity index (χ0v) is 15.7. The van der Waals surface area contributed by atoms with Gasteiger partial charge >= 0.3 is 0 Å². The van der Waals surface area contributed by atoms with Crippen LogP contribution in [-0.2, 0) is 11.3 Å². The molecule has 1 saturated heterocycles. The normalized spacial score (nSPS) is 20.2. The first kappa shape index (κ1) is 18.4. The van der Waals surface area contributed by atoms with E-state index in [2.05, 4.69) is 53.7 Å². The number of nitrogens with one attached hydrogen (secondary N) is 2. The van der Waals surface area contributed by atoms with E-state index in [1.807, 2.05) is 24.4 Å². The Kier molecular flexibility index (Phi) is 6.23. The first-order valence-corrected chi connectivity index (χ1v) is 9.35. The van der Waals surface area contributed by atoms with Crippen LogP contribution in [0.2, 0.25) is 0 Å². The second-order valence-corrected chi connectivity index (χ2v) is 6.87. The maximum absolute atomic E-state index is 5.84. The maximum atomic E-state index is 5.84. The minimum absolute atomic E-state index is 0.0882. The summed E-state index contributed by atoms with van der Waals surface area (Å²) in [7, 11) is 0. The third-order valence-electron chi connectivity index (χ3n) is 4.58. The van der Waals surface area contributed by atoms with Crippen molar-refractivity contribution in [3.8, 4) is 11.3 Å². The molecule has 138 valence electrons. The van der Waals surface area contributed by atoms with Gasteiger partial charge in [0.15, 0.2) is 5.96 Å². The minimum atomic E-state index is -0.0882. The quantitative estimate of drug-likeness (QED) is 0.618. The van der Waals surface area contributed by atoms with Crippen molar-refractivity contribution in [2.45, 2.75) is 38.8 Å². The molecule has 3 rings (SSSR count). The van der Waals surface area contributed by atoms with Crippen molar-refractivity contribution in [3.63, 3.8) is 0 Å². The number of hydrogen-bond acceptors (Lipinski definition) is 3. The van der Waals surface area contributed by atoms with Crippen molar-refractivity contribution in [2.24, 2.45) is 4.99 Å². The van der Waals surface area contributed by atoms with E-state index in [1.165, 1.54) is 0 Å². The van der Waals surface area contributed by atoms with Crippen LogP contribution < -0.4 is 10.6 Å². The fourth-order valence-electron chi connectivity index (χ4n) is 3.12. The maximum Gasteiger partial charge on any atom is 0.191 e. The van der Waals surface area contributed by atoms with Gasteiger partial charge in [-0.15, -0.1) is 0 Å². The molecule has 5 heteroatoms. The second kappa shape index (κ2) is 8.81. The molecule has 0 saturated carbocycles. The minimum Gasteiger partial charge on any atom is -0.373 e. The van der Waals surface area contributed by atoms with E-state index in [-0.39, 0.29) is 5.60 Å². The van der Waals surface area contributed by atoms with Crippen LogP contribution >= 0.6 is 0 Å². The molecule has 2 N–H and O–H groups in total. The Morgan fingerprint density at radius 3 is 2.88 bits per heavy atom.